The number of hydrogen-bond donors (Lipinski definition) is 4. The van der Waals surface area contributed by atoms with E-state index in [9.17, 15) is 24.9 Å². The molecule has 0 amide bonds. The van der Waals surface area contributed by atoms with Crippen molar-refractivity contribution in [1.82, 2.24) is 0 Å². The van der Waals surface area contributed by atoms with Crippen molar-refractivity contribution in [1.29, 1.82) is 0 Å². The van der Waals surface area contributed by atoms with Crippen molar-refractivity contribution in [2.75, 3.05) is 0 Å². The Morgan fingerprint density at radius 3 is 2.14 bits per heavy atom. The molecule has 2 aromatic carbocycles. The zero-order valence-corrected chi connectivity index (χ0v) is 10.5. The Hall–Kier alpha value is -3.22. The van der Waals surface area contributed by atoms with Crippen molar-refractivity contribution in [2.45, 2.75) is 0 Å². The highest BCUT2D eigenvalue weighted by Crippen LogP contribution is 2.27. The van der Waals surface area contributed by atoms with Crippen molar-refractivity contribution < 1.29 is 34.8 Å². The van der Waals surface area contributed by atoms with E-state index in [2.05, 4.69) is 0 Å². The summed E-state index contributed by atoms with van der Waals surface area (Å²) in [5.41, 5.74) is -0.671. The molecule has 108 valence electrons. The van der Waals surface area contributed by atoms with Crippen LogP contribution in [0.5, 0.6) is 23.0 Å². The number of aromatic carboxylic acids is 1. The Morgan fingerprint density at radius 2 is 1.48 bits per heavy atom. The third kappa shape index (κ3) is 3.03. The van der Waals surface area contributed by atoms with Crippen LogP contribution in [0.15, 0.2) is 36.4 Å². The van der Waals surface area contributed by atoms with E-state index in [1.807, 2.05) is 0 Å². The van der Waals surface area contributed by atoms with Gasteiger partial charge in [0, 0.05) is 6.07 Å². The van der Waals surface area contributed by atoms with Crippen LogP contribution in [0.4, 0.5) is 0 Å². The first-order valence-corrected chi connectivity index (χ1v) is 5.69. The Balaban J connectivity index is 2.38. The van der Waals surface area contributed by atoms with Crippen LogP contribution in [-0.2, 0) is 0 Å². The van der Waals surface area contributed by atoms with E-state index in [1.54, 1.807) is 0 Å². The fourth-order valence-corrected chi connectivity index (χ4v) is 1.61. The zero-order valence-electron chi connectivity index (χ0n) is 10.5. The van der Waals surface area contributed by atoms with E-state index >= 15 is 0 Å². The number of phenols is 3. The lowest BCUT2D eigenvalue weighted by Gasteiger charge is -2.09. The Morgan fingerprint density at radius 1 is 0.857 bits per heavy atom. The predicted octanol–water partition coefficient (Wildman–Crippen LogP) is 1.72. The lowest BCUT2D eigenvalue weighted by Crippen LogP contribution is -2.11. The van der Waals surface area contributed by atoms with Crippen molar-refractivity contribution in [3.05, 3.63) is 47.5 Å². The van der Waals surface area contributed by atoms with Crippen molar-refractivity contribution in [2.24, 2.45) is 0 Å². The first kappa shape index (κ1) is 14.2. The van der Waals surface area contributed by atoms with Crippen LogP contribution < -0.4 is 4.74 Å². The van der Waals surface area contributed by atoms with E-state index in [0.717, 1.165) is 30.3 Å². The molecule has 0 saturated carbocycles. The molecule has 0 aliphatic carbocycles. The molecule has 0 aromatic heterocycles. The predicted molar refractivity (Wildman–Crippen MR) is 69.8 cm³/mol. The summed E-state index contributed by atoms with van der Waals surface area (Å²) in [6.45, 7) is 0. The Bertz CT molecular complexity index is 721. The van der Waals surface area contributed by atoms with Crippen molar-refractivity contribution in [3.63, 3.8) is 0 Å². The van der Waals surface area contributed by atoms with Crippen LogP contribution in [0, 0.1) is 0 Å². The summed E-state index contributed by atoms with van der Waals surface area (Å²) in [6, 6.07) is 6.40. The number of carbonyl (C=O) groups excluding carboxylic acids is 1. The molecule has 0 spiro atoms. The lowest BCUT2D eigenvalue weighted by atomic mass is 10.1. The molecule has 0 aliphatic rings. The largest absolute Gasteiger partial charge is 0.508 e. The third-order valence-electron chi connectivity index (χ3n) is 2.60. The number of rotatable bonds is 3. The maximum atomic E-state index is 11.9. The number of carboxylic acid groups (broad SMARTS) is 1. The average Bonchev–Trinajstić information content (AvgIpc) is 2.41. The smallest absolute Gasteiger partial charge is 0.347 e. The third-order valence-corrected chi connectivity index (χ3v) is 2.60. The summed E-state index contributed by atoms with van der Waals surface area (Å²) < 4.78 is 4.86. The van der Waals surface area contributed by atoms with Gasteiger partial charge in [-0.25, -0.2) is 9.59 Å². The molecule has 0 heterocycles. The molecule has 7 nitrogen and oxygen atoms in total. The molecule has 0 atom stereocenters. The van der Waals surface area contributed by atoms with Gasteiger partial charge in [0.1, 0.15) is 34.1 Å². The first-order valence-electron chi connectivity index (χ1n) is 5.69. The number of carbonyl (C=O) groups is 2. The maximum Gasteiger partial charge on any atom is 0.347 e. The molecule has 21 heavy (non-hydrogen) atoms. The summed E-state index contributed by atoms with van der Waals surface area (Å²) in [6.07, 6.45) is 0. The van der Waals surface area contributed by atoms with Gasteiger partial charge in [-0.1, -0.05) is 0 Å². The Kier molecular flexibility index (Phi) is 3.66. The molecular formula is C14H10O7. The van der Waals surface area contributed by atoms with Crippen LogP contribution in [0.3, 0.4) is 0 Å². The average molecular weight is 290 g/mol. The molecular weight excluding hydrogens is 280 g/mol. The van der Waals surface area contributed by atoms with Crippen LogP contribution in [0.25, 0.3) is 0 Å². The number of benzene rings is 2. The minimum absolute atomic E-state index is 0.269. The molecule has 0 radical (unpaired) electrons. The summed E-state index contributed by atoms with van der Waals surface area (Å²) >= 11 is 0. The SMILES string of the molecule is O=C(Oc1cc(O)ccc1C(=O)O)c1cc(O)ccc1O. The van der Waals surface area contributed by atoms with Gasteiger partial charge in [0.25, 0.3) is 0 Å². The van der Waals surface area contributed by atoms with Crippen LogP contribution in [-0.4, -0.2) is 32.4 Å². The molecule has 7 heteroatoms. The number of carboxylic acids is 1. The van der Waals surface area contributed by atoms with Crippen molar-refractivity contribution >= 4 is 11.9 Å². The maximum absolute atomic E-state index is 11.9. The number of hydrogen-bond acceptors (Lipinski definition) is 6. The van der Waals surface area contributed by atoms with Crippen LogP contribution >= 0.6 is 0 Å². The standard InChI is InChI=1S/C14H10O7/c15-7-2-4-11(17)10(5-7)14(20)21-12-6-8(16)1-3-9(12)13(18)19/h1-6,15-17H,(H,18,19). The fourth-order valence-electron chi connectivity index (χ4n) is 1.61. The summed E-state index contributed by atoms with van der Waals surface area (Å²) in [7, 11) is 0. The van der Waals surface area contributed by atoms with E-state index < -0.39 is 17.7 Å². The highest BCUT2D eigenvalue weighted by molar-refractivity contribution is 5.97. The highest BCUT2D eigenvalue weighted by Gasteiger charge is 2.19. The van der Waals surface area contributed by atoms with Gasteiger partial charge in [0.2, 0.25) is 0 Å². The van der Waals surface area contributed by atoms with Crippen LogP contribution in [0.2, 0.25) is 0 Å². The molecule has 4 N–H and O–H groups in total. The number of esters is 1. The van der Waals surface area contributed by atoms with E-state index in [0.29, 0.717) is 0 Å². The van der Waals surface area contributed by atoms with Gasteiger partial charge < -0.3 is 25.2 Å². The second-order valence-corrected chi connectivity index (χ2v) is 4.08. The second-order valence-electron chi connectivity index (χ2n) is 4.08. The molecule has 0 unspecified atom stereocenters. The fraction of sp³-hybridized carbons (Fsp3) is 0. The molecule has 0 aliphatic heterocycles. The molecule has 0 bridgehead atoms. The van der Waals surface area contributed by atoms with Gasteiger partial charge in [-0.15, -0.1) is 0 Å². The normalized spacial score (nSPS) is 10.1. The minimum atomic E-state index is -1.35. The molecule has 2 aromatic rings. The number of aromatic hydroxyl groups is 3. The van der Waals surface area contributed by atoms with E-state index in [-0.39, 0.29) is 28.4 Å². The van der Waals surface area contributed by atoms with Gasteiger partial charge in [-0.3, -0.25) is 0 Å². The first-order chi connectivity index (χ1) is 9.88. The Labute approximate surface area is 118 Å². The molecule has 2 rings (SSSR count). The number of phenolic OH excluding ortho intramolecular Hbond substituents is 3. The van der Waals surface area contributed by atoms with Crippen LogP contribution in [0.1, 0.15) is 20.7 Å². The highest BCUT2D eigenvalue weighted by atomic mass is 16.5. The van der Waals surface area contributed by atoms with E-state index in [4.69, 9.17) is 9.84 Å². The quantitative estimate of drug-likeness (QED) is 0.385. The summed E-state index contributed by atoms with van der Waals surface area (Å²) in [5, 5.41) is 37.1. The van der Waals surface area contributed by atoms with Gasteiger partial charge in [-0.05, 0) is 30.3 Å². The molecule has 0 fully saturated rings. The monoisotopic (exact) mass is 290 g/mol. The summed E-state index contributed by atoms with van der Waals surface area (Å²) in [5.74, 6) is -3.79. The van der Waals surface area contributed by atoms with Gasteiger partial charge in [0.05, 0.1) is 0 Å². The topological polar surface area (TPSA) is 124 Å². The van der Waals surface area contributed by atoms with Gasteiger partial charge in [-0.2, -0.15) is 0 Å². The zero-order chi connectivity index (χ0) is 15.6. The second kappa shape index (κ2) is 5.41. The summed E-state index contributed by atoms with van der Waals surface area (Å²) in [4.78, 5) is 22.9. The molecule has 0 saturated heterocycles. The lowest BCUT2D eigenvalue weighted by molar-refractivity contribution is 0.0680. The van der Waals surface area contributed by atoms with E-state index in [1.165, 1.54) is 6.07 Å². The van der Waals surface area contributed by atoms with Crippen molar-refractivity contribution in [3.8, 4) is 23.0 Å². The minimum Gasteiger partial charge on any atom is -0.508 e. The van der Waals surface area contributed by atoms with Gasteiger partial charge in [0.15, 0.2) is 0 Å². The number of ether oxygens (including phenoxy) is 1. The van der Waals surface area contributed by atoms with Gasteiger partial charge >= 0.3 is 11.9 Å².